The second kappa shape index (κ2) is 17.0. The van der Waals surface area contributed by atoms with Gasteiger partial charge in [0.05, 0.1) is 6.61 Å². The molecule has 0 bridgehead atoms. The van der Waals surface area contributed by atoms with E-state index in [4.69, 9.17) is 5.11 Å². The lowest BCUT2D eigenvalue weighted by Gasteiger charge is -2.12. The van der Waals surface area contributed by atoms with Gasteiger partial charge in [-0.2, -0.15) is 0 Å². The Hall–Kier alpha value is -0.0800. The minimum atomic E-state index is 0.253. The smallest absolute Gasteiger partial charge is 0.0556 e. The molecule has 0 heterocycles. The van der Waals surface area contributed by atoms with Crippen molar-refractivity contribution in [3.05, 3.63) is 0 Å². The van der Waals surface area contributed by atoms with Crippen LogP contribution in [0.15, 0.2) is 0 Å². The fraction of sp³-hybridized carbons (Fsp3) is 1.00. The van der Waals surface area contributed by atoms with Crippen LogP contribution in [0.3, 0.4) is 0 Å². The first-order valence-electron chi connectivity index (χ1n) is 9.15. The zero-order valence-electron chi connectivity index (χ0n) is 14.1. The van der Waals surface area contributed by atoms with Gasteiger partial charge in [-0.05, 0) is 13.3 Å². The fourth-order valence-electron chi connectivity index (χ4n) is 2.70. The summed E-state index contributed by atoms with van der Waals surface area (Å²) in [7, 11) is 0. The van der Waals surface area contributed by atoms with Crippen LogP contribution in [0, 0.1) is 0 Å². The van der Waals surface area contributed by atoms with Gasteiger partial charge in [0.2, 0.25) is 0 Å². The van der Waals surface area contributed by atoms with Gasteiger partial charge in [-0.3, -0.25) is 0 Å². The molecule has 0 spiro atoms. The van der Waals surface area contributed by atoms with Gasteiger partial charge in [0.25, 0.3) is 0 Å². The van der Waals surface area contributed by atoms with E-state index in [9.17, 15) is 0 Å². The van der Waals surface area contributed by atoms with Crippen molar-refractivity contribution in [2.45, 2.75) is 103 Å². The van der Waals surface area contributed by atoms with Crippen molar-refractivity contribution in [2.75, 3.05) is 13.2 Å². The van der Waals surface area contributed by atoms with Crippen molar-refractivity contribution in [1.82, 2.24) is 5.32 Å². The fourth-order valence-corrected chi connectivity index (χ4v) is 2.70. The molecule has 2 heteroatoms. The summed E-state index contributed by atoms with van der Waals surface area (Å²) in [5, 5.41) is 12.0. The Kier molecular flexibility index (Phi) is 16.9. The first-order valence-corrected chi connectivity index (χ1v) is 9.15. The van der Waals surface area contributed by atoms with Gasteiger partial charge in [0.1, 0.15) is 0 Å². The summed E-state index contributed by atoms with van der Waals surface area (Å²) < 4.78 is 0. The standard InChI is InChI=1S/C18H39NO/c1-3-4-5-6-7-8-9-10-11-12-13-14-15-18(2)19-16-17-20/h18-20H,3-17H2,1-2H3. The average Bonchev–Trinajstić information content (AvgIpc) is 2.46. The van der Waals surface area contributed by atoms with Crippen molar-refractivity contribution in [3.8, 4) is 0 Å². The lowest BCUT2D eigenvalue weighted by molar-refractivity contribution is 0.283. The van der Waals surface area contributed by atoms with Gasteiger partial charge >= 0.3 is 0 Å². The third kappa shape index (κ3) is 16.0. The maximum Gasteiger partial charge on any atom is 0.0556 e. The van der Waals surface area contributed by atoms with E-state index in [1.54, 1.807) is 0 Å². The molecule has 122 valence electrons. The van der Waals surface area contributed by atoms with Crippen LogP contribution in [0.1, 0.15) is 97.3 Å². The van der Waals surface area contributed by atoms with Crippen LogP contribution in [0.25, 0.3) is 0 Å². The molecule has 1 atom stereocenters. The van der Waals surface area contributed by atoms with Crippen molar-refractivity contribution in [2.24, 2.45) is 0 Å². The topological polar surface area (TPSA) is 32.3 Å². The molecule has 0 aliphatic rings. The van der Waals surface area contributed by atoms with Gasteiger partial charge in [0, 0.05) is 12.6 Å². The molecular formula is C18H39NO. The molecular weight excluding hydrogens is 246 g/mol. The summed E-state index contributed by atoms with van der Waals surface area (Å²) >= 11 is 0. The van der Waals surface area contributed by atoms with Crippen molar-refractivity contribution in [1.29, 1.82) is 0 Å². The molecule has 0 aliphatic heterocycles. The molecule has 0 aromatic carbocycles. The minimum absolute atomic E-state index is 0.253. The highest BCUT2D eigenvalue weighted by Crippen LogP contribution is 2.12. The maximum atomic E-state index is 8.73. The van der Waals surface area contributed by atoms with Crippen LogP contribution in [-0.2, 0) is 0 Å². The molecule has 20 heavy (non-hydrogen) atoms. The molecule has 2 N–H and O–H groups in total. The third-order valence-electron chi connectivity index (χ3n) is 4.10. The number of aliphatic hydroxyl groups excluding tert-OH is 1. The highest BCUT2D eigenvalue weighted by molar-refractivity contribution is 4.60. The van der Waals surface area contributed by atoms with E-state index < -0.39 is 0 Å². The van der Waals surface area contributed by atoms with Gasteiger partial charge in [0.15, 0.2) is 0 Å². The lowest BCUT2D eigenvalue weighted by atomic mass is 10.0. The van der Waals surface area contributed by atoms with E-state index in [1.807, 2.05) is 0 Å². The van der Waals surface area contributed by atoms with Crippen LogP contribution in [0.5, 0.6) is 0 Å². The van der Waals surface area contributed by atoms with E-state index in [0.717, 1.165) is 6.54 Å². The highest BCUT2D eigenvalue weighted by Gasteiger charge is 1.99. The quantitative estimate of drug-likeness (QED) is 0.389. The Morgan fingerprint density at radius 3 is 1.65 bits per heavy atom. The van der Waals surface area contributed by atoms with Crippen molar-refractivity contribution in [3.63, 3.8) is 0 Å². The molecule has 2 nitrogen and oxygen atoms in total. The highest BCUT2D eigenvalue weighted by atomic mass is 16.3. The number of rotatable bonds is 16. The number of hydrogen-bond acceptors (Lipinski definition) is 2. The molecule has 0 fully saturated rings. The number of unbranched alkanes of at least 4 members (excludes halogenated alkanes) is 11. The largest absolute Gasteiger partial charge is 0.395 e. The lowest BCUT2D eigenvalue weighted by Crippen LogP contribution is -2.28. The molecule has 0 saturated carbocycles. The van der Waals surface area contributed by atoms with Gasteiger partial charge in [-0.25, -0.2) is 0 Å². The Morgan fingerprint density at radius 1 is 0.750 bits per heavy atom. The molecule has 0 radical (unpaired) electrons. The van der Waals surface area contributed by atoms with E-state index in [0.29, 0.717) is 6.04 Å². The van der Waals surface area contributed by atoms with Gasteiger partial charge < -0.3 is 10.4 Å². The summed E-state index contributed by atoms with van der Waals surface area (Å²) in [6.45, 7) is 5.49. The Bertz CT molecular complexity index is 173. The second-order valence-corrected chi connectivity index (χ2v) is 6.26. The van der Waals surface area contributed by atoms with Crippen LogP contribution >= 0.6 is 0 Å². The number of nitrogens with one attached hydrogen (secondary N) is 1. The summed E-state index contributed by atoms with van der Waals surface area (Å²) in [6, 6.07) is 0.560. The maximum absolute atomic E-state index is 8.73. The van der Waals surface area contributed by atoms with Gasteiger partial charge in [-0.1, -0.05) is 84.0 Å². The van der Waals surface area contributed by atoms with Crippen LogP contribution in [-0.4, -0.2) is 24.3 Å². The minimum Gasteiger partial charge on any atom is -0.395 e. The Balaban J connectivity index is 3.02. The SMILES string of the molecule is CCCCCCCCCCCCCCC(C)NCCO. The van der Waals surface area contributed by atoms with Crippen LogP contribution in [0.4, 0.5) is 0 Å². The van der Waals surface area contributed by atoms with E-state index in [1.165, 1.54) is 83.5 Å². The van der Waals surface area contributed by atoms with E-state index in [-0.39, 0.29) is 6.61 Å². The first kappa shape index (κ1) is 19.9. The van der Waals surface area contributed by atoms with Crippen molar-refractivity contribution < 1.29 is 5.11 Å². The number of aliphatic hydroxyl groups is 1. The van der Waals surface area contributed by atoms with Crippen molar-refractivity contribution >= 4 is 0 Å². The molecule has 0 rings (SSSR count). The molecule has 0 aromatic rings. The molecule has 0 aliphatic carbocycles. The monoisotopic (exact) mass is 285 g/mol. The van der Waals surface area contributed by atoms with Crippen LogP contribution in [0.2, 0.25) is 0 Å². The molecule has 0 amide bonds. The average molecular weight is 286 g/mol. The summed E-state index contributed by atoms with van der Waals surface area (Å²) in [6.07, 6.45) is 18.2. The number of hydrogen-bond donors (Lipinski definition) is 2. The third-order valence-corrected chi connectivity index (χ3v) is 4.10. The summed E-state index contributed by atoms with van der Waals surface area (Å²) in [5.41, 5.74) is 0. The second-order valence-electron chi connectivity index (χ2n) is 6.26. The predicted molar refractivity (Wildman–Crippen MR) is 90.2 cm³/mol. The van der Waals surface area contributed by atoms with Crippen LogP contribution < -0.4 is 5.32 Å². The Labute approximate surface area is 127 Å². The summed E-state index contributed by atoms with van der Waals surface area (Å²) in [5.74, 6) is 0. The Morgan fingerprint density at radius 2 is 1.20 bits per heavy atom. The molecule has 0 saturated heterocycles. The van der Waals surface area contributed by atoms with Gasteiger partial charge in [-0.15, -0.1) is 0 Å². The first-order chi connectivity index (χ1) is 9.81. The normalized spacial score (nSPS) is 12.8. The van der Waals surface area contributed by atoms with E-state index >= 15 is 0 Å². The zero-order chi connectivity index (χ0) is 14.9. The molecule has 0 aromatic heterocycles. The molecule has 1 unspecified atom stereocenters. The summed E-state index contributed by atoms with van der Waals surface area (Å²) in [4.78, 5) is 0. The zero-order valence-corrected chi connectivity index (χ0v) is 14.1. The predicted octanol–water partition coefficient (Wildman–Crippen LogP) is 5.05. The van der Waals surface area contributed by atoms with E-state index in [2.05, 4.69) is 19.2 Å².